The molecule has 32 heavy (non-hydrogen) atoms. The van der Waals surface area contributed by atoms with Crippen molar-refractivity contribution < 1.29 is 14.3 Å². The number of likely N-dealkylation sites (N-methyl/N-ethyl adjacent to an activating group) is 1. The lowest BCUT2D eigenvalue weighted by Crippen LogP contribution is -2.33. The molecule has 0 aliphatic carbocycles. The number of aromatic nitrogens is 2. The maximum Gasteiger partial charge on any atom is 0.328 e. The molecule has 0 spiro atoms. The molecule has 0 unspecified atom stereocenters. The first kappa shape index (κ1) is 21.3. The zero-order valence-electron chi connectivity index (χ0n) is 18.0. The average Bonchev–Trinajstić information content (AvgIpc) is 2.97. The highest BCUT2D eigenvalue weighted by Gasteiger charge is 2.38. The van der Waals surface area contributed by atoms with E-state index in [-0.39, 0.29) is 22.0 Å². The van der Waals surface area contributed by atoms with Crippen molar-refractivity contribution in [1.82, 2.24) is 9.78 Å². The number of carbonyl (C=O) groups excluding carboxylic acids is 2. The van der Waals surface area contributed by atoms with Crippen LogP contribution in [0.15, 0.2) is 69.9 Å². The predicted octanol–water partition coefficient (Wildman–Crippen LogP) is 2.11. The Labute approximate surface area is 183 Å². The predicted molar refractivity (Wildman–Crippen MR) is 121 cm³/mol. The molecule has 0 bridgehead atoms. The van der Waals surface area contributed by atoms with Crippen molar-refractivity contribution in [2.24, 2.45) is 0 Å². The van der Waals surface area contributed by atoms with E-state index < -0.39 is 30.2 Å². The van der Waals surface area contributed by atoms with E-state index in [4.69, 9.17) is 4.74 Å². The Morgan fingerprint density at radius 1 is 1.03 bits per heavy atom. The molecule has 8 heteroatoms. The van der Waals surface area contributed by atoms with Gasteiger partial charge in [0.15, 0.2) is 12.4 Å². The van der Waals surface area contributed by atoms with Crippen molar-refractivity contribution in [1.29, 1.82) is 0 Å². The number of allylic oxidation sites excluding steroid dienone is 1. The van der Waals surface area contributed by atoms with Crippen LogP contribution in [0.4, 0.5) is 5.69 Å². The number of nitrogens with zero attached hydrogens (tertiary/aromatic N) is 2. The van der Waals surface area contributed by atoms with E-state index in [2.05, 4.69) is 5.10 Å². The molecule has 8 nitrogen and oxygen atoms in total. The van der Waals surface area contributed by atoms with E-state index in [1.807, 2.05) is 50.1 Å². The fraction of sp³-hybridized carbons (Fsp3) is 0.250. The van der Waals surface area contributed by atoms with Gasteiger partial charge in [0.2, 0.25) is 0 Å². The first-order valence-electron chi connectivity index (χ1n) is 10.2. The number of carbonyl (C=O) groups is 2. The van der Waals surface area contributed by atoms with E-state index in [1.54, 1.807) is 12.1 Å². The van der Waals surface area contributed by atoms with E-state index in [0.29, 0.717) is 0 Å². The zero-order valence-corrected chi connectivity index (χ0v) is 18.0. The Morgan fingerprint density at radius 2 is 1.69 bits per heavy atom. The SMILES string of the molecule is CN1/C(=C\C(=O)COC(=O)Cn2[nH]c(=O)c3ccccc3c2=O)C(C)(C)c2ccccc21. The number of fused-ring (bicyclic) bond motifs is 2. The number of ether oxygens (including phenoxy) is 1. The van der Waals surface area contributed by atoms with Gasteiger partial charge in [-0.05, 0) is 23.8 Å². The second-order valence-electron chi connectivity index (χ2n) is 8.24. The van der Waals surface area contributed by atoms with Crippen molar-refractivity contribution >= 4 is 28.2 Å². The van der Waals surface area contributed by atoms with E-state index in [9.17, 15) is 19.2 Å². The molecule has 0 radical (unpaired) electrons. The molecule has 164 valence electrons. The summed E-state index contributed by atoms with van der Waals surface area (Å²) in [5, 5.41) is 2.82. The largest absolute Gasteiger partial charge is 0.456 e. The summed E-state index contributed by atoms with van der Waals surface area (Å²) in [6.07, 6.45) is 1.48. The number of hydrogen-bond donors (Lipinski definition) is 1. The second-order valence-corrected chi connectivity index (χ2v) is 8.24. The van der Waals surface area contributed by atoms with Gasteiger partial charge in [0.1, 0.15) is 6.54 Å². The first-order chi connectivity index (χ1) is 15.2. The lowest BCUT2D eigenvalue weighted by molar-refractivity contribution is -0.147. The minimum absolute atomic E-state index is 0.205. The molecule has 0 fully saturated rings. The summed E-state index contributed by atoms with van der Waals surface area (Å²) in [5.41, 5.74) is 1.56. The zero-order chi connectivity index (χ0) is 23.0. The quantitative estimate of drug-likeness (QED) is 0.489. The summed E-state index contributed by atoms with van der Waals surface area (Å²) in [4.78, 5) is 51.4. The van der Waals surface area contributed by atoms with Gasteiger partial charge in [-0.1, -0.05) is 44.2 Å². The average molecular weight is 433 g/mol. The molecule has 2 aromatic carbocycles. The van der Waals surface area contributed by atoms with Crippen LogP contribution in [0.2, 0.25) is 0 Å². The van der Waals surface area contributed by atoms with Gasteiger partial charge in [-0.25, -0.2) is 4.68 Å². The number of aromatic amines is 1. The highest BCUT2D eigenvalue weighted by Crippen LogP contribution is 2.46. The molecule has 4 rings (SSSR count). The van der Waals surface area contributed by atoms with E-state index in [0.717, 1.165) is 21.6 Å². The summed E-state index contributed by atoms with van der Waals surface area (Å²) >= 11 is 0. The van der Waals surface area contributed by atoms with Crippen LogP contribution in [0.5, 0.6) is 0 Å². The summed E-state index contributed by atoms with van der Waals surface area (Å²) in [6, 6.07) is 14.3. The van der Waals surface area contributed by atoms with Crippen LogP contribution in [0, 0.1) is 0 Å². The second kappa shape index (κ2) is 7.96. The number of para-hydroxylation sites is 1. The summed E-state index contributed by atoms with van der Waals surface area (Å²) in [6.45, 7) is 3.10. The standard InChI is InChI=1S/C24H23N3O5/c1-24(2)18-10-6-7-11-19(18)26(3)20(24)12-15(28)14-32-21(29)13-27-23(31)17-9-5-4-8-16(17)22(30)25-27/h4-12H,13-14H2,1-3H3,(H,25,30)/b20-12-. The van der Waals surface area contributed by atoms with Crippen molar-refractivity contribution in [3.63, 3.8) is 0 Å². The van der Waals surface area contributed by atoms with E-state index >= 15 is 0 Å². The normalized spacial score (nSPS) is 15.7. The molecule has 0 saturated heterocycles. The number of rotatable bonds is 5. The number of H-pyrrole nitrogens is 1. The molecule has 2 heterocycles. The van der Waals surface area contributed by atoms with Gasteiger partial charge in [0, 0.05) is 29.9 Å². The summed E-state index contributed by atoms with van der Waals surface area (Å²) in [5.74, 6) is -1.17. The highest BCUT2D eigenvalue weighted by molar-refractivity contribution is 5.94. The van der Waals surface area contributed by atoms with Crippen molar-refractivity contribution in [2.75, 3.05) is 18.6 Å². The number of nitrogens with one attached hydrogen (secondary N) is 1. The third-order valence-electron chi connectivity index (χ3n) is 5.78. The van der Waals surface area contributed by atoms with Gasteiger partial charge >= 0.3 is 5.97 Å². The smallest absolute Gasteiger partial charge is 0.328 e. The number of benzene rings is 2. The van der Waals surface area contributed by atoms with Crippen molar-refractivity contribution in [3.05, 3.63) is 86.6 Å². The van der Waals surface area contributed by atoms with Crippen LogP contribution < -0.4 is 16.0 Å². The van der Waals surface area contributed by atoms with Crippen LogP contribution >= 0.6 is 0 Å². The molecular weight excluding hydrogens is 410 g/mol. The minimum atomic E-state index is -0.799. The summed E-state index contributed by atoms with van der Waals surface area (Å²) in [7, 11) is 1.89. The van der Waals surface area contributed by atoms with Gasteiger partial charge in [0.05, 0.1) is 10.8 Å². The van der Waals surface area contributed by atoms with Crippen LogP contribution in [0.3, 0.4) is 0 Å². The van der Waals surface area contributed by atoms with Gasteiger partial charge in [-0.2, -0.15) is 0 Å². The molecule has 1 aromatic heterocycles. The van der Waals surface area contributed by atoms with Crippen LogP contribution in [0.1, 0.15) is 19.4 Å². The topological polar surface area (TPSA) is 101 Å². The van der Waals surface area contributed by atoms with Crippen molar-refractivity contribution in [2.45, 2.75) is 25.8 Å². The fourth-order valence-corrected chi connectivity index (χ4v) is 4.14. The number of esters is 1. The molecule has 1 N–H and O–H groups in total. The molecule has 0 atom stereocenters. The van der Waals surface area contributed by atoms with Gasteiger partial charge in [0.25, 0.3) is 11.1 Å². The number of hydrogen-bond acceptors (Lipinski definition) is 6. The van der Waals surface area contributed by atoms with Gasteiger partial charge < -0.3 is 9.64 Å². The Morgan fingerprint density at radius 3 is 2.41 bits per heavy atom. The van der Waals surface area contributed by atoms with Gasteiger partial charge in [-0.15, -0.1) is 0 Å². The molecule has 1 aliphatic heterocycles. The summed E-state index contributed by atoms with van der Waals surface area (Å²) < 4.78 is 5.96. The monoisotopic (exact) mass is 433 g/mol. The molecule has 0 amide bonds. The Kier molecular flexibility index (Phi) is 5.30. The third-order valence-corrected chi connectivity index (χ3v) is 5.78. The van der Waals surface area contributed by atoms with E-state index in [1.165, 1.54) is 18.2 Å². The van der Waals surface area contributed by atoms with Crippen LogP contribution in [-0.4, -0.2) is 35.2 Å². The molecule has 3 aromatic rings. The van der Waals surface area contributed by atoms with Gasteiger partial charge in [-0.3, -0.25) is 24.3 Å². The van der Waals surface area contributed by atoms with Crippen molar-refractivity contribution in [3.8, 4) is 0 Å². The highest BCUT2D eigenvalue weighted by atomic mass is 16.5. The van der Waals surface area contributed by atoms with Crippen LogP contribution in [-0.2, 0) is 26.3 Å². The lowest BCUT2D eigenvalue weighted by atomic mass is 9.83. The molecular formula is C24H23N3O5. The first-order valence-corrected chi connectivity index (χ1v) is 10.2. The molecule has 0 saturated carbocycles. The molecule has 1 aliphatic rings. The third kappa shape index (κ3) is 3.64. The fourth-order valence-electron chi connectivity index (χ4n) is 4.14. The Balaban J connectivity index is 1.46. The maximum absolute atomic E-state index is 12.5. The number of anilines is 1. The number of ketones is 1. The van der Waals surface area contributed by atoms with Crippen LogP contribution in [0.25, 0.3) is 10.8 Å². The maximum atomic E-state index is 12.5. The lowest BCUT2D eigenvalue weighted by Gasteiger charge is -2.23. The minimum Gasteiger partial charge on any atom is -0.456 e. The Hall–Kier alpha value is -3.94. The Bertz CT molecular complexity index is 1380.